The van der Waals surface area contributed by atoms with E-state index in [1.54, 1.807) is 0 Å². The second-order valence-corrected chi connectivity index (χ2v) is 6.44. The second-order valence-electron chi connectivity index (χ2n) is 6.01. The molecule has 0 aromatic heterocycles. The summed E-state index contributed by atoms with van der Waals surface area (Å²) in [6.07, 6.45) is 2.35. The predicted molar refractivity (Wildman–Crippen MR) is 90.1 cm³/mol. The van der Waals surface area contributed by atoms with Crippen LogP contribution in [0, 0.1) is 6.92 Å². The van der Waals surface area contributed by atoms with Gasteiger partial charge in [0.1, 0.15) is 0 Å². The first kappa shape index (κ1) is 14.6. The van der Waals surface area contributed by atoms with E-state index in [0.717, 1.165) is 18.0 Å². The van der Waals surface area contributed by atoms with Gasteiger partial charge in [-0.2, -0.15) is 0 Å². The minimum absolute atomic E-state index is 0.380. The van der Waals surface area contributed by atoms with Crippen LogP contribution < -0.4 is 5.32 Å². The average Bonchev–Trinajstić information content (AvgIpc) is 2.42. The molecule has 0 saturated heterocycles. The molecule has 0 spiro atoms. The first-order valence-corrected chi connectivity index (χ1v) is 8.13. The summed E-state index contributed by atoms with van der Waals surface area (Å²) >= 11 is 6.23. The summed E-state index contributed by atoms with van der Waals surface area (Å²) in [4.78, 5) is 0. The summed E-state index contributed by atoms with van der Waals surface area (Å²) in [5.41, 5.74) is 5.58. The lowest BCUT2D eigenvalue weighted by molar-refractivity contribution is 0.436. The number of hydrogen-bond donors (Lipinski definition) is 1. The maximum atomic E-state index is 6.23. The molecule has 2 heteroatoms. The van der Waals surface area contributed by atoms with Crippen molar-refractivity contribution in [3.8, 4) is 0 Å². The number of rotatable bonds is 5. The second kappa shape index (κ2) is 6.21. The molecule has 1 aliphatic carbocycles. The van der Waals surface area contributed by atoms with E-state index in [-0.39, 0.29) is 0 Å². The van der Waals surface area contributed by atoms with Crippen molar-refractivity contribution in [2.45, 2.75) is 38.6 Å². The highest BCUT2D eigenvalue weighted by molar-refractivity contribution is 6.30. The third kappa shape index (κ3) is 3.14. The van der Waals surface area contributed by atoms with Gasteiger partial charge < -0.3 is 5.32 Å². The molecule has 0 bridgehead atoms. The zero-order valence-electron chi connectivity index (χ0n) is 12.7. The highest BCUT2D eigenvalue weighted by atomic mass is 35.5. The maximum Gasteiger partial charge on any atom is 0.0411 e. The van der Waals surface area contributed by atoms with Crippen LogP contribution in [0.4, 0.5) is 0 Å². The largest absolute Gasteiger partial charge is 0.310 e. The molecule has 0 radical (unpaired) electrons. The molecular weight excluding hydrogens is 278 g/mol. The van der Waals surface area contributed by atoms with Crippen molar-refractivity contribution in [1.29, 1.82) is 0 Å². The van der Waals surface area contributed by atoms with Gasteiger partial charge >= 0.3 is 0 Å². The van der Waals surface area contributed by atoms with E-state index in [2.05, 4.69) is 55.6 Å². The Balaban J connectivity index is 1.80. The van der Waals surface area contributed by atoms with Crippen LogP contribution >= 0.6 is 11.6 Å². The molecule has 0 amide bonds. The number of halogens is 1. The van der Waals surface area contributed by atoms with Crippen molar-refractivity contribution in [2.75, 3.05) is 6.54 Å². The standard InChI is InChI=1S/C19H22ClN/c1-3-21-19(16-8-13(2)9-17(20)11-16)12-15-10-14-6-4-5-7-18(14)15/h4-9,11,15,19,21H,3,10,12H2,1-2H3. The molecule has 1 aliphatic rings. The van der Waals surface area contributed by atoms with E-state index in [1.165, 1.54) is 28.7 Å². The van der Waals surface area contributed by atoms with Crippen LogP contribution in [-0.2, 0) is 6.42 Å². The summed E-state index contributed by atoms with van der Waals surface area (Å²) in [6.45, 7) is 5.25. The Bertz CT molecular complexity index is 615. The number of aryl methyl sites for hydroxylation is 1. The first-order chi connectivity index (χ1) is 10.2. The number of fused-ring (bicyclic) bond motifs is 1. The van der Waals surface area contributed by atoms with Gasteiger partial charge in [-0.3, -0.25) is 0 Å². The van der Waals surface area contributed by atoms with Crippen LogP contribution in [0.5, 0.6) is 0 Å². The lowest BCUT2D eigenvalue weighted by atomic mass is 9.73. The summed E-state index contributed by atoms with van der Waals surface area (Å²) in [7, 11) is 0. The van der Waals surface area contributed by atoms with E-state index in [9.17, 15) is 0 Å². The average molecular weight is 300 g/mol. The Labute approximate surface area is 132 Å². The third-order valence-electron chi connectivity index (χ3n) is 4.40. The Morgan fingerprint density at radius 2 is 2.05 bits per heavy atom. The fraction of sp³-hybridized carbons (Fsp3) is 0.368. The molecule has 3 rings (SSSR count). The van der Waals surface area contributed by atoms with Gasteiger partial charge in [0.15, 0.2) is 0 Å². The first-order valence-electron chi connectivity index (χ1n) is 7.75. The Kier molecular flexibility index (Phi) is 4.32. The van der Waals surface area contributed by atoms with Crippen LogP contribution in [-0.4, -0.2) is 6.54 Å². The lowest BCUT2D eigenvalue weighted by Gasteiger charge is -2.33. The number of nitrogens with one attached hydrogen (secondary N) is 1. The summed E-state index contributed by atoms with van der Waals surface area (Å²) in [6, 6.07) is 15.6. The van der Waals surface area contributed by atoms with Crippen LogP contribution in [0.25, 0.3) is 0 Å². The van der Waals surface area contributed by atoms with E-state index >= 15 is 0 Å². The maximum absolute atomic E-state index is 6.23. The van der Waals surface area contributed by atoms with Gasteiger partial charge in [0, 0.05) is 11.1 Å². The molecule has 1 nitrogen and oxygen atoms in total. The van der Waals surface area contributed by atoms with Gasteiger partial charge in [-0.1, -0.05) is 48.9 Å². The number of benzene rings is 2. The lowest BCUT2D eigenvalue weighted by Crippen LogP contribution is -2.27. The van der Waals surface area contributed by atoms with E-state index in [4.69, 9.17) is 11.6 Å². The Hall–Kier alpha value is -1.31. The zero-order chi connectivity index (χ0) is 14.8. The van der Waals surface area contributed by atoms with E-state index < -0.39 is 0 Å². The topological polar surface area (TPSA) is 12.0 Å². The van der Waals surface area contributed by atoms with Crippen LogP contribution in [0.2, 0.25) is 5.02 Å². The molecule has 0 aliphatic heterocycles. The summed E-state index contributed by atoms with van der Waals surface area (Å²) in [5.74, 6) is 0.671. The van der Waals surface area contributed by atoms with Crippen LogP contribution in [0.3, 0.4) is 0 Å². The van der Waals surface area contributed by atoms with Gasteiger partial charge in [-0.05, 0) is 66.6 Å². The fourth-order valence-electron chi connectivity index (χ4n) is 3.41. The number of hydrogen-bond acceptors (Lipinski definition) is 1. The molecule has 2 aromatic carbocycles. The molecule has 2 aromatic rings. The predicted octanol–water partition coefficient (Wildman–Crippen LogP) is 5.03. The molecule has 2 atom stereocenters. The smallest absolute Gasteiger partial charge is 0.0411 e. The molecule has 110 valence electrons. The van der Waals surface area contributed by atoms with E-state index in [0.29, 0.717) is 12.0 Å². The molecule has 0 saturated carbocycles. The van der Waals surface area contributed by atoms with Gasteiger partial charge in [0.2, 0.25) is 0 Å². The SMILES string of the molecule is CCNC(CC1Cc2ccccc21)c1cc(C)cc(Cl)c1. The molecule has 2 unspecified atom stereocenters. The minimum Gasteiger partial charge on any atom is -0.310 e. The molecule has 21 heavy (non-hydrogen) atoms. The Morgan fingerprint density at radius 1 is 1.24 bits per heavy atom. The Morgan fingerprint density at radius 3 is 2.76 bits per heavy atom. The fourth-order valence-corrected chi connectivity index (χ4v) is 3.71. The van der Waals surface area contributed by atoms with Crippen LogP contribution in [0.1, 0.15) is 47.6 Å². The quantitative estimate of drug-likeness (QED) is 0.816. The molecule has 0 fully saturated rings. The van der Waals surface area contributed by atoms with Crippen molar-refractivity contribution in [3.63, 3.8) is 0 Å². The molecule has 1 N–H and O–H groups in total. The summed E-state index contributed by atoms with van der Waals surface area (Å²) < 4.78 is 0. The normalized spacial score (nSPS) is 18.0. The zero-order valence-corrected chi connectivity index (χ0v) is 13.5. The van der Waals surface area contributed by atoms with Crippen molar-refractivity contribution in [1.82, 2.24) is 5.32 Å². The third-order valence-corrected chi connectivity index (χ3v) is 4.62. The van der Waals surface area contributed by atoms with Crippen molar-refractivity contribution in [2.24, 2.45) is 0 Å². The van der Waals surface area contributed by atoms with Gasteiger partial charge in [-0.15, -0.1) is 0 Å². The van der Waals surface area contributed by atoms with Gasteiger partial charge in [0.25, 0.3) is 0 Å². The highest BCUT2D eigenvalue weighted by Crippen LogP contribution is 2.41. The van der Waals surface area contributed by atoms with Gasteiger partial charge in [0.05, 0.1) is 0 Å². The summed E-state index contributed by atoms with van der Waals surface area (Å²) in [5, 5.41) is 4.46. The minimum atomic E-state index is 0.380. The van der Waals surface area contributed by atoms with Crippen molar-refractivity contribution >= 4 is 11.6 Å². The van der Waals surface area contributed by atoms with Gasteiger partial charge in [-0.25, -0.2) is 0 Å². The van der Waals surface area contributed by atoms with E-state index in [1.807, 2.05) is 6.07 Å². The molecular formula is C19H22ClN. The van der Waals surface area contributed by atoms with Crippen molar-refractivity contribution in [3.05, 3.63) is 69.7 Å². The highest BCUT2D eigenvalue weighted by Gasteiger charge is 2.28. The molecule has 0 heterocycles. The van der Waals surface area contributed by atoms with Crippen LogP contribution in [0.15, 0.2) is 42.5 Å². The monoisotopic (exact) mass is 299 g/mol. The van der Waals surface area contributed by atoms with Crippen molar-refractivity contribution < 1.29 is 0 Å².